The molecule has 3 rings (SSSR count). The maximum Gasteiger partial charge on any atom is 0.417 e. The highest BCUT2D eigenvalue weighted by Crippen LogP contribution is 2.36. The number of hydrazone groups is 1. The largest absolute Gasteiger partial charge is 0.417 e. The number of aromatic nitrogens is 1. The van der Waals surface area contributed by atoms with Crippen LogP contribution in [0.15, 0.2) is 47.6 Å². The number of hydrogen-bond acceptors (Lipinski definition) is 6. The molecular formula is C21H15ClF3N5O5. The third-order valence-corrected chi connectivity index (χ3v) is 5.27. The molecule has 0 aliphatic heterocycles. The predicted octanol–water partition coefficient (Wildman–Crippen LogP) is 5.35. The van der Waals surface area contributed by atoms with Crippen molar-refractivity contribution >= 4 is 35.1 Å². The summed E-state index contributed by atoms with van der Waals surface area (Å²) >= 11 is 5.69. The number of halogens is 4. The van der Waals surface area contributed by atoms with E-state index in [4.69, 9.17) is 11.6 Å². The summed E-state index contributed by atoms with van der Waals surface area (Å²) < 4.78 is 41.3. The van der Waals surface area contributed by atoms with Crippen LogP contribution in [0.3, 0.4) is 0 Å². The highest BCUT2D eigenvalue weighted by Gasteiger charge is 2.33. The minimum absolute atomic E-state index is 0.212. The predicted molar refractivity (Wildman–Crippen MR) is 120 cm³/mol. The average molecular weight is 510 g/mol. The fourth-order valence-corrected chi connectivity index (χ4v) is 3.57. The SMILES string of the molecule is Cc1cc(/C=N\NC(=O)c2cc([N+](=O)[O-])cc([N+](=O)[O-])c2)c(C)n1-c1ccc(Cl)c(C(F)(F)F)c1. The molecule has 2 aromatic carbocycles. The van der Waals surface area contributed by atoms with Gasteiger partial charge in [0, 0.05) is 34.8 Å². The molecule has 0 saturated carbocycles. The molecule has 10 nitrogen and oxygen atoms in total. The van der Waals surface area contributed by atoms with Crippen molar-refractivity contribution in [3.8, 4) is 5.69 Å². The van der Waals surface area contributed by atoms with Gasteiger partial charge in [0.05, 0.1) is 38.3 Å². The summed E-state index contributed by atoms with van der Waals surface area (Å²) in [5.74, 6) is -0.936. The van der Waals surface area contributed by atoms with Crippen LogP contribution in [-0.4, -0.2) is 26.5 Å². The quantitative estimate of drug-likeness (QED) is 0.272. The molecule has 0 fully saturated rings. The maximum absolute atomic E-state index is 13.2. The second-order valence-corrected chi connectivity index (χ2v) is 7.68. The lowest BCUT2D eigenvalue weighted by atomic mass is 10.1. The van der Waals surface area contributed by atoms with Crippen molar-refractivity contribution in [1.29, 1.82) is 0 Å². The Hall–Kier alpha value is -4.26. The molecule has 1 N–H and O–H groups in total. The normalized spacial score (nSPS) is 11.6. The minimum Gasteiger partial charge on any atom is -0.318 e. The Morgan fingerprint density at radius 2 is 1.66 bits per heavy atom. The van der Waals surface area contributed by atoms with Crippen LogP contribution in [0.1, 0.15) is 32.9 Å². The number of nitro benzene ring substituents is 2. The number of nitrogens with one attached hydrogen (secondary N) is 1. The molecule has 0 spiro atoms. The Balaban J connectivity index is 1.87. The van der Waals surface area contributed by atoms with E-state index in [9.17, 15) is 38.2 Å². The number of alkyl halides is 3. The number of aryl methyl sites for hydroxylation is 1. The van der Waals surface area contributed by atoms with E-state index in [1.807, 2.05) is 0 Å². The molecule has 0 atom stereocenters. The second-order valence-electron chi connectivity index (χ2n) is 7.28. The number of carbonyl (C=O) groups is 1. The van der Waals surface area contributed by atoms with Crippen LogP contribution in [0.5, 0.6) is 0 Å². The Labute approximate surface area is 199 Å². The molecule has 35 heavy (non-hydrogen) atoms. The zero-order valence-electron chi connectivity index (χ0n) is 18.0. The number of hydrogen-bond donors (Lipinski definition) is 1. The monoisotopic (exact) mass is 509 g/mol. The van der Waals surface area contributed by atoms with Gasteiger partial charge in [0.1, 0.15) is 0 Å². The summed E-state index contributed by atoms with van der Waals surface area (Å²) in [6.45, 7) is 3.29. The number of carbonyl (C=O) groups excluding carboxylic acids is 1. The highest BCUT2D eigenvalue weighted by molar-refractivity contribution is 6.31. The maximum atomic E-state index is 13.2. The number of nitrogens with zero attached hydrogens (tertiary/aromatic N) is 4. The van der Waals surface area contributed by atoms with Crippen molar-refractivity contribution in [1.82, 2.24) is 9.99 Å². The lowest BCUT2D eigenvalue weighted by molar-refractivity contribution is -0.394. The molecule has 0 unspecified atom stereocenters. The summed E-state index contributed by atoms with van der Waals surface area (Å²) in [6, 6.07) is 7.55. The van der Waals surface area contributed by atoms with Crippen molar-refractivity contribution in [2.24, 2.45) is 5.10 Å². The number of benzene rings is 2. The van der Waals surface area contributed by atoms with Gasteiger partial charge >= 0.3 is 6.18 Å². The van der Waals surface area contributed by atoms with Gasteiger partial charge in [-0.05, 0) is 38.1 Å². The smallest absolute Gasteiger partial charge is 0.318 e. The fraction of sp³-hybridized carbons (Fsp3) is 0.143. The van der Waals surface area contributed by atoms with Crippen LogP contribution in [0.4, 0.5) is 24.5 Å². The molecule has 0 bridgehead atoms. The third-order valence-electron chi connectivity index (χ3n) is 4.94. The molecule has 0 saturated heterocycles. The summed E-state index contributed by atoms with van der Waals surface area (Å²) in [6.07, 6.45) is -3.42. The molecule has 14 heteroatoms. The van der Waals surface area contributed by atoms with Crippen LogP contribution in [0.25, 0.3) is 5.69 Å². The average Bonchev–Trinajstić information content (AvgIpc) is 3.05. The zero-order valence-corrected chi connectivity index (χ0v) is 18.7. The molecular weight excluding hydrogens is 495 g/mol. The van der Waals surface area contributed by atoms with Crippen LogP contribution in [0, 0.1) is 34.1 Å². The Bertz CT molecular complexity index is 1350. The van der Waals surface area contributed by atoms with Crippen LogP contribution < -0.4 is 5.43 Å². The molecule has 0 aliphatic carbocycles. The molecule has 1 amide bonds. The first-order valence-electron chi connectivity index (χ1n) is 9.63. The van der Waals surface area contributed by atoms with Gasteiger partial charge in [0.2, 0.25) is 0 Å². The highest BCUT2D eigenvalue weighted by atomic mass is 35.5. The van der Waals surface area contributed by atoms with Crippen molar-refractivity contribution in [3.63, 3.8) is 0 Å². The number of non-ortho nitro benzene ring substituents is 2. The van der Waals surface area contributed by atoms with Gasteiger partial charge in [0.15, 0.2) is 0 Å². The topological polar surface area (TPSA) is 133 Å². The molecule has 0 radical (unpaired) electrons. The molecule has 3 aromatic rings. The summed E-state index contributed by atoms with van der Waals surface area (Å²) in [7, 11) is 0. The summed E-state index contributed by atoms with van der Waals surface area (Å²) in [4.78, 5) is 32.6. The first-order chi connectivity index (χ1) is 16.3. The molecule has 182 valence electrons. The van der Waals surface area contributed by atoms with E-state index in [1.165, 1.54) is 12.3 Å². The summed E-state index contributed by atoms with van der Waals surface area (Å²) in [5, 5.41) is 25.3. The molecule has 0 aliphatic rings. The molecule has 1 aromatic heterocycles. The van der Waals surface area contributed by atoms with Crippen LogP contribution in [0.2, 0.25) is 5.02 Å². The minimum atomic E-state index is -4.64. The Kier molecular flexibility index (Phi) is 6.91. The van der Waals surface area contributed by atoms with E-state index in [0.29, 0.717) is 17.0 Å². The van der Waals surface area contributed by atoms with E-state index >= 15 is 0 Å². The van der Waals surface area contributed by atoms with Gasteiger partial charge < -0.3 is 4.57 Å². The second kappa shape index (κ2) is 9.54. The Morgan fingerprint density at radius 1 is 1.06 bits per heavy atom. The van der Waals surface area contributed by atoms with Gasteiger partial charge in [-0.1, -0.05) is 11.6 Å². The van der Waals surface area contributed by atoms with Crippen molar-refractivity contribution in [2.75, 3.05) is 0 Å². The lowest BCUT2D eigenvalue weighted by Crippen LogP contribution is -2.18. The number of nitro groups is 2. The van der Waals surface area contributed by atoms with E-state index in [-0.39, 0.29) is 11.3 Å². The van der Waals surface area contributed by atoms with Gasteiger partial charge in [-0.2, -0.15) is 18.3 Å². The van der Waals surface area contributed by atoms with E-state index in [0.717, 1.165) is 30.3 Å². The summed E-state index contributed by atoms with van der Waals surface area (Å²) in [5.41, 5.74) is 1.24. The zero-order chi connectivity index (χ0) is 26.1. The van der Waals surface area contributed by atoms with Crippen molar-refractivity contribution in [2.45, 2.75) is 20.0 Å². The van der Waals surface area contributed by atoms with Gasteiger partial charge in [-0.3, -0.25) is 25.0 Å². The standard InChI is InChI=1S/C21H15ClF3N5O5/c1-11-5-14(12(2)28(11)15-3-4-19(22)18(9-15)21(23,24)25)10-26-27-20(31)13-6-16(29(32)33)8-17(7-13)30(34)35/h3-10H,1-2H3,(H,27,31)/b26-10-. The van der Waals surface area contributed by atoms with E-state index in [2.05, 4.69) is 10.5 Å². The lowest BCUT2D eigenvalue weighted by Gasteiger charge is -2.14. The van der Waals surface area contributed by atoms with E-state index in [1.54, 1.807) is 24.5 Å². The van der Waals surface area contributed by atoms with Crippen molar-refractivity contribution in [3.05, 3.63) is 95.8 Å². The van der Waals surface area contributed by atoms with E-state index < -0.39 is 43.9 Å². The first-order valence-corrected chi connectivity index (χ1v) is 10.0. The first kappa shape index (κ1) is 25.4. The van der Waals surface area contributed by atoms with Crippen LogP contribution in [-0.2, 0) is 6.18 Å². The fourth-order valence-electron chi connectivity index (χ4n) is 3.35. The third kappa shape index (κ3) is 5.46. The van der Waals surface area contributed by atoms with Crippen molar-refractivity contribution < 1.29 is 27.8 Å². The number of amides is 1. The number of rotatable bonds is 6. The Morgan fingerprint density at radius 3 is 2.20 bits per heavy atom. The molecule has 1 heterocycles. The van der Waals surface area contributed by atoms with Gasteiger partial charge in [-0.15, -0.1) is 0 Å². The van der Waals surface area contributed by atoms with Gasteiger partial charge in [0.25, 0.3) is 17.3 Å². The van der Waals surface area contributed by atoms with Crippen LogP contribution >= 0.6 is 11.6 Å². The van der Waals surface area contributed by atoms with Gasteiger partial charge in [-0.25, -0.2) is 5.43 Å².